The number of halogens is 4. The van der Waals surface area contributed by atoms with Gasteiger partial charge in [-0.1, -0.05) is 0 Å². The van der Waals surface area contributed by atoms with Gasteiger partial charge in [-0.15, -0.1) is 0 Å². The second kappa shape index (κ2) is 4.06. The largest absolute Gasteiger partial charge is 0 e. The molecule has 0 nitrogen and oxygen atoms in total. The molecule has 0 heterocycles. The van der Waals surface area contributed by atoms with Crippen molar-refractivity contribution < 1.29 is 0 Å². The summed E-state index contributed by atoms with van der Waals surface area (Å²) in [5.41, 5.74) is 0. The Labute approximate surface area is 63.3 Å². The molecule has 0 aliphatic heterocycles. The summed E-state index contributed by atoms with van der Waals surface area (Å²) in [5.74, 6) is 0. The van der Waals surface area contributed by atoms with E-state index in [1.165, 1.54) is 0 Å². The molecule has 0 N–H and O–H groups in total. The zero-order valence-corrected chi connectivity index (χ0v) is 8.87. The van der Waals surface area contributed by atoms with Gasteiger partial charge in [-0.25, -0.2) is 0 Å². The smallest absolute Gasteiger partial charge is 0 e. The molecule has 0 saturated carbocycles. The molecule has 0 fully saturated rings. The van der Waals surface area contributed by atoms with E-state index in [1.807, 2.05) is 0 Å². The predicted molar refractivity (Wildman–Crippen MR) is 44.7 cm³/mol. The van der Waals surface area contributed by atoms with Gasteiger partial charge in [-0.2, -0.15) is 0 Å². The van der Waals surface area contributed by atoms with Gasteiger partial charge in [0.25, 0.3) is 0 Å². The van der Waals surface area contributed by atoms with E-state index in [4.69, 9.17) is 26.7 Å². The van der Waals surface area contributed by atoms with E-state index in [9.17, 15) is 0 Å². The van der Waals surface area contributed by atoms with Crippen molar-refractivity contribution in [2.24, 2.45) is 0 Å². The average Bonchev–Trinajstić information content (AvgIpc) is 0.722. The van der Waals surface area contributed by atoms with Crippen LogP contribution in [0.1, 0.15) is 0 Å². The molecule has 0 spiro atoms. The minimum Gasteiger partial charge on any atom is 0 e. The van der Waals surface area contributed by atoms with Crippen molar-refractivity contribution in [3.63, 3.8) is 0 Å². The van der Waals surface area contributed by atoms with Crippen LogP contribution in [0, 0.1) is 0 Å². The molecule has 3 radical (unpaired) electrons. The molecule has 6 heavy (non-hydrogen) atoms. The third kappa shape index (κ3) is 35.5. The molecule has 0 unspecified atom stereocenters. The van der Waals surface area contributed by atoms with E-state index in [-0.39, 0.29) is 17.4 Å². The molecule has 5 heteroatoms. The first kappa shape index (κ1) is 11.0. The Kier molecular flexibility index (Phi) is 7.44. The molecule has 0 aromatic carbocycles. The number of rotatable bonds is 0. The summed E-state index contributed by atoms with van der Waals surface area (Å²) >= 11 is -2.60. The molecule has 39 valence electrons. The first-order chi connectivity index (χ1) is 2.00. The zero-order valence-electron chi connectivity index (χ0n) is 3.12. The maximum atomic E-state index is 5.25. The van der Waals surface area contributed by atoms with Gasteiger partial charge in [-0.3, -0.25) is 0 Å². The number of hydrogen-bond acceptors (Lipinski definition) is 0. The fourth-order valence-electron chi connectivity index (χ4n) is 0. The molecule has 0 aromatic rings. The maximum absolute atomic E-state index is 5.25. The topological polar surface area (TPSA) is 0 Å². The fraction of sp³-hybridized carbons (Fsp3) is 1.00. The van der Waals surface area contributed by atoms with Gasteiger partial charge in [-0.05, 0) is 0 Å². The first-order valence-corrected chi connectivity index (χ1v) is 12.1. The Hall–Kier alpha value is 2.13. The van der Waals surface area contributed by atoms with Gasteiger partial charge in [0.15, 0.2) is 0 Å². The Bertz CT molecular complexity index is 26.3. The van der Waals surface area contributed by atoms with E-state index >= 15 is 0 Å². The maximum Gasteiger partial charge on any atom is 0 e. The summed E-state index contributed by atoms with van der Waals surface area (Å²) in [4.78, 5) is 1.67. The van der Waals surface area contributed by atoms with E-state index < -0.39 is 15.0 Å². The summed E-state index contributed by atoms with van der Waals surface area (Å²) in [6.07, 6.45) is 0. The Morgan fingerprint density at radius 3 is 1.17 bits per heavy atom. The SMILES string of the molecule is C[IH](Cl)(Cl)Cl.[Al]. The van der Waals surface area contributed by atoms with Crippen LogP contribution in [0.4, 0.5) is 0 Å². The predicted octanol–water partition coefficient (Wildman–Crippen LogP) is 2.47. The van der Waals surface area contributed by atoms with Crippen LogP contribution >= 0.6 is 41.8 Å². The zero-order chi connectivity index (χ0) is 4.50. The van der Waals surface area contributed by atoms with Crippen molar-refractivity contribution in [1.29, 1.82) is 0 Å². The summed E-state index contributed by atoms with van der Waals surface area (Å²) in [6, 6.07) is 0. The van der Waals surface area contributed by atoms with Gasteiger partial charge < -0.3 is 0 Å². The standard InChI is InChI=1S/CH4Cl3I.Al/c1-5(2,3)4;/h5H,1H3;. The second-order valence-corrected chi connectivity index (χ2v) is 19.9. The molecular weight excluding hydrogens is 272 g/mol. The Morgan fingerprint density at radius 2 is 1.17 bits per heavy atom. The summed E-state index contributed by atoms with van der Waals surface area (Å²) in [7, 11) is 15.8. The Balaban J connectivity index is 0. The van der Waals surface area contributed by atoms with Crippen LogP contribution in [0.3, 0.4) is 0 Å². The van der Waals surface area contributed by atoms with E-state index in [2.05, 4.69) is 0 Å². The molecule has 0 atom stereocenters. The van der Waals surface area contributed by atoms with Gasteiger partial charge in [0.05, 0.1) is 0 Å². The van der Waals surface area contributed by atoms with E-state index in [0.717, 1.165) is 0 Å². The third-order valence-corrected chi connectivity index (χ3v) is 0. The van der Waals surface area contributed by atoms with Crippen molar-refractivity contribution in [2.45, 2.75) is 0 Å². The molecule has 0 aliphatic carbocycles. The van der Waals surface area contributed by atoms with E-state index in [0.29, 0.717) is 0 Å². The van der Waals surface area contributed by atoms with Gasteiger partial charge in [0.1, 0.15) is 0 Å². The van der Waals surface area contributed by atoms with Crippen molar-refractivity contribution >= 4 is 59.1 Å². The van der Waals surface area contributed by atoms with Crippen molar-refractivity contribution in [3.8, 4) is 0 Å². The van der Waals surface area contributed by atoms with Gasteiger partial charge >= 0.3 is 46.7 Å². The Morgan fingerprint density at radius 1 is 1.17 bits per heavy atom. The summed E-state index contributed by atoms with van der Waals surface area (Å²) < 4.78 is 0. The van der Waals surface area contributed by atoms with Crippen molar-refractivity contribution in [3.05, 3.63) is 0 Å². The molecule has 0 saturated heterocycles. The summed E-state index contributed by atoms with van der Waals surface area (Å²) in [6.45, 7) is 0. The van der Waals surface area contributed by atoms with E-state index in [1.54, 1.807) is 4.93 Å². The average molecular weight is 276 g/mol. The normalized spacial score (nSPS) is 12.7. The molecule has 0 bridgehead atoms. The first-order valence-electron chi connectivity index (χ1n) is 0.871. The third-order valence-electron chi connectivity index (χ3n) is 0. The fourth-order valence-corrected chi connectivity index (χ4v) is 0. The van der Waals surface area contributed by atoms with Crippen LogP contribution in [-0.4, -0.2) is 22.3 Å². The van der Waals surface area contributed by atoms with Crippen molar-refractivity contribution in [1.82, 2.24) is 0 Å². The van der Waals surface area contributed by atoms with Crippen molar-refractivity contribution in [2.75, 3.05) is 4.93 Å². The molecule has 0 amide bonds. The van der Waals surface area contributed by atoms with Crippen LogP contribution in [0.25, 0.3) is 0 Å². The number of alkyl halides is 1. The molecular formula is CH4AlCl3I. The molecule has 0 rings (SSSR count). The monoisotopic (exact) mass is 275 g/mol. The van der Waals surface area contributed by atoms with Gasteiger partial charge in [0, 0.05) is 17.4 Å². The van der Waals surface area contributed by atoms with Crippen LogP contribution in [0.5, 0.6) is 0 Å². The molecule has 0 aromatic heterocycles. The second-order valence-electron chi connectivity index (χ2n) is 0.638. The summed E-state index contributed by atoms with van der Waals surface area (Å²) in [5, 5.41) is 0. The van der Waals surface area contributed by atoms with Gasteiger partial charge in [0.2, 0.25) is 0 Å². The van der Waals surface area contributed by atoms with Crippen LogP contribution in [0.15, 0.2) is 0 Å². The minimum atomic E-state index is -2.60. The van der Waals surface area contributed by atoms with Crippen LogP contribution in [0.2, 0.25) is 0 Å². The number of hydrogen-bond donors (Lipinski definition) is 0. The minimum absolute atomic E-state index is 0. The molecule has 0 aliphatic rings. The quantitative estimate of drug-likeness (QED) is 0.362. The van der Waals surface area contributed by atoms with Crippen LogP contribution in [-0.2, 0) is 0 Å². The van der Waals surface area contributed by atoms with Crippen LogP contribution < -0.4 is 0 Å².